The van der Waals surface area contributed by atoms with Crippen molar-refractivity contribution >= 4 is 0 Å². The third kappa shape index (κ3) is 6.91. The number of unbranched alkanes of at least 4 members (excludes halogenated alkanes) is 2. The lowest BCUT2D eigenvalue weighted by Crippen LogP contribution is -2.38. The molecule has 0 aliphatic rings. The molecule has 0 amide bonds. The second-order valence-electron chi connectivity index (χ2n) is 4.81. The predicted octanol–water partition coefficient (Wildman–Crippen LogP) is 2.87. The zero-order valence-corrected chi connectivity index (χ0v) is 11.1. The zero-order valence-electron chi connectivity index (χ0n) is 11.1. The summed E-state index contributed by atoms with van der Waals surface area (Å²) < 4.78 is 0. The van der Waals surface area contributed by atoms with Crippen molar-refractivity contribution in [2.24, 2.45) is 11.7 Å². The Morgan fingerprint density at radius 1 is 1.13 bits per heavy atom. The Bertz CT molecular complexity index is 130. The van der Waals surface area contributed by atoms with Gasteiger partial charge >= 0.3 is 0 Å². The molecule has 0 fully saturated rings. The molecule has 1 atom stereocenters. The molecule has 15 heavy (non-hydrogen) atoms. The van der Waals surface area contributed by atoms with Gasteiger partial charge in [-0.2, -0.15) is 0 Å². The van der Waals surface area contributed by atoms with E-state index in [2.05, 4.69) is 32.6 Å². The second kappa shape index (κ2) is 9.17. The van der Waals surface area contributed by atoms with Gasteiger partial charge in [-0.05, 0) is 39.3 Å². The van der Waals surface area contributed by atoms with Crippen LogP contribution < -0.4 is 5.73 Å². The van der Waals surface area contributed by atoms with Gasteiger partial charge in [-0.25, -0.2) is 0 Å². The van der Waals surface area contributed by atoms with Crippen molar-refractivity contribution in [1.29, 1.82) is 0 Å². The maximum Gasteiger partial charge on any atom is 0.00387 e. The third-order valence-corrected chi connectivity index (χ3v) is 3.18. The minimum absolute atomic E-state index is 0.655. The molecular formula is C13H30N2. The van der Waals surface area contributed by atoms with Crippen LogP contribution in [0.15, 0.2) is 0 Å². The first-order chi connectivity index (χ1) is 7.15. The van der Waals surface area contributed by atoms with Gasteiger partial charge in [-0.3, -0.25) is 0 Å². The maximum atomic E-state index is 5.76. The SMILES string of the molecule is CCCCCN(CC(CC)CN)C(C)C. The molecule has 2 nitrogen and oxygen atoms in total. The van der Waals surface area contributed by atoms with Gasteiger partial charge in [-0.15, -0.1) is 0 Å². The van der Waals surface area contributed by atoms with E-state index in [4.69, 9.17) is 5.73 Å². The van der Waals surface area contributed by atoms with E-state index in [9.17, 15) is 0 Å². The summed E-state index contributed by atoms with van der Waals surface area (Å²) in [5.74, 6) is 0.675. The molecule has 2 N–H and O–H groups in total. The van der Waals surface area contributed by atoms with E-state index < -0.39 is 0 Å². The summed E-state index contributed by atoms with van der Waals surface area (Å²) in [6.45, 7) is 12.3. The Morgan fingerprint density at radius 2 is 1.80 bits per heavy atom. The fourth-order valence-electron chi connectivity index (χ4n) is 1.83. The highest BCUT2D eigenvalue weighted by Crippen LogP contribution is 2.09. The summed E-state index contributed by atoms with van der Waals surface area (Å²) >= 11 is 0. The van der Waals surface area contributed by atoms with Crippen molar-refractivity contribution in [3.8, 4) is 0 Å². The van der Waals surface area contributed by atoms with Crippen molar-refractivity contribution in [1.82, 2.24) is 4.90 Å². The molecule has 0 aromatic rings. The Hall–Kier alpha value is -0.0800. The maximum absolute atomic E-state index is 5.76. The zero-order chi connectivity index (χ0) is 11.7. The van der Waals surface area contributed by atoms with Crippen LogP contribution in [-0.4, -0.2) is 30.6 Å². The van der Waals surface area contributed by atoms with Crippen LogP contribution in [0.3, 0.4) is 0 Å². The van der Waals surface area contributed by atoms with E-state index >= 15 is 0 Å². The molecule has 0 saturated carbocycles. The van der Waals surface area contributed by atoms with Crippen LogP contribution in [0.4, 0.5) is 0 Å². The topological polar surface area (TPSA) is 29.3 Å². The summed E-state index contributed by atoms with van der Waals surface area (Å²) in [7, 11) is 0. The third-order valence-electron chi connectivity index (χ3n) is 3.18. The molecule has 0 radical (unpaired) electrons. The van der Waals surface area contributed by atoms with Crippen molar-refractivity contribution < 1.29 is 0 Å². The number of hydrogen-bond donors (Lipinski definition) is 1. The molecule has 0 aromatic carbocycles. The molecule has 0 aliphatic heterocycles. The largest absolute Gasteiger partial charge is 0.330 e. The van der Waals surface area contributed by atoms with Gasteiger partial charge in [0.25, 0.3) is 0 Å². The summed E-state index contributed by atoms with van der Waals surface area (Å²) in [6, 6.07) is 0.655. The molecule has 0 spiro atoms. The van der Waals surface area contributed by atoms with Crippen LogP contribution in [0.25, 0.3) is 0 Å². The van der Waals surface area contributed by atoms with Crippen LogP contribution in [-0.2, 0) is 0 Å². The van der Waals surface area contributed by atoms with Gasteiger partial charge in [-0.1, -0.05) is 33.1 Å². The van der Waals surface area contributed by atoms with Crippen molar-refractivity contribution in [3.05, 3.63) is 0 Å². The fraction of sp³-hybridized carbons (Fsp3) is 1.00. The Balaban J connectivity index is 3.91. The lowest BCUT2D eigenvalue weighted by atomic mass is 10.1. The monoisotopic (exact) mass is 214 g/mol. The van der Waals surface area contributed by atoms with Gasteiger partial charge in [0.15, 0.2) is 0 Å². The number of nitrogens with two attached hydrogens (primary N) is 1. The first-order valence-corrected chi connectivity index (χ1v) is 6.59. The molecule has 0 aliphatic carbocycles. The quantitative estimate of drug-likeness (QED) is 0.598. The summed E-state index contributed by atoms with van der Waals surface area (Å²) in [6.07, 6.45) is 5.19. The highest BCUT2D eigenvalue weighted by Gasteiger charge is 2.13. The lowest BCUT2D eigenvalue weighted by Gasteiger charge is -2.29. The van der Waals surface area contributed by atoms with Crippen LogP contribution in [0.5, 0.6) is 0 Å². The molecule has 0 aromatic heterocycles. The number of hydrogen-bond acceptors (Lipinski definition) is 2. The number of nitrogens with zero attached hydrogens (tertiary/aromatic N) is 1. The van der Waals surface area contributed by atoms with Crippen molar-refractivity contribution in [2.75, 3.05) is 19.6 Å². The van der Waals surface area contributed by atoms with E-state index in [0.717, 1.165) is 6.54 Å². The minimum Gasteiger partial charge on any atom is -0.330 e. The average Bonchev–Trinajstić information content (AvgIpc) is 2.23. The molecule has 92 valence electrons. The highest BCUT2D eigenvalue weighted by molar-refractivity contribution is 4.69. The lowest BCUT2D eigenvalue weighted by molar-refractivity contribution is 0.183. The van der Waals surface area contributed by atoms with Crippen molar-refractivity contribution in [2.45, 2.75) is 59.4 Å². The van der Waals surface area contributed by atoms with Crippen LogP contribution in [0.2, 0.25) is 0 Å². The number of rotatable bonds is 9. The van der Waals surface area contributed by atoms with Crippen LogP contribution in [0.1, 0.15) is 53.4 Å². The average molecular weight is 214 g/mol. The van der Waals surface area contributed by atoms with E-state index in [1.54, 1.807) is 0 Å². The van der Waals surface area contributed by atoms with Gasteiger partial charge < -0.3 is 10.6 Å². The summed E-state index contributed by atoms with van der Waals surface area (Å²) in [4.78, 5) is 2.58. The molecule has 0 heterocycles. The Kier molecular flexibility index (Phi) is 9.12. The summed E-state index contributed by atoms with van der Waals surface area (Å²) in [5.41, 5.74) is 5.76. The van der Waals surface area contributed by atoms with E-state index in [0.29, 0.717) is 12.0 Å². The first kappa shape index (κ1) is 14.9. The minimum atomic E-state index is 0.655. The van der Waals surface area contributed by atoms with Crippen LogP contribution >= 0.6 is 0 Å². The van der Waals surface area contributed by atoms with Gasteiger partial charge in [0, 0.05) is 12.6 Å². The predicted molar refractivity (Wildman–Crippen MR) is 69.1 cm³/mol. The summed E-state index contributed by atoms with van der Waals surface area (Å²) in [5, 5.41) is 0. The van der Waals surface area contributed by atoms with E-state index in [1.807, 2.05) is 0 Å². The van der Waals surface area contributed by atoms with Crippen LogP contribution in [0, 0.1) is 5.92 Å². The Morgan fingerprint density at radius 3 is 2.20 bits per heavy atom. The van der Waals surface area contributed by atoms with E-state index in [1.165, 1.54) is 38.8 Å². The van der Waals surface area contributed by atoms with Crippen molar-refractivity contribution in [3.63, 3.8) is 0 Å². The first-order valence-electron chi connectivity index (χ1n) is 6.59. The van der Waals surface area contributed by atoms with E-state index in [-0.39, 0.29) is 0 Å². The highest BCUT2D eigenvalue weighted by atomic mass is 15.1. The fourth-order valence-corrected chi connectivity index (χ4v) is 1.83. The Labute approximate surface area is 96.2 Å². The van der Waals surface area contributed by atoms with Gasteiger partial charge in [0.05, 0.1) is 0 Å². The smallest absolute Gasteiger partial charge is 0.00387 e. The molecular weight excluding hydrogens is 184 g/mol. The standard InChI is InChI=1S/C13H30N2/c1-5-7-8-9-15(12(3)4)11-13(6-2)10-14/h12-13H,5-11,14H2,1-4H3. The second-order valence-corrected chi connectivity index (χ2v) is 4.81. The molecule has 0 rings (SSSR count). The van der Waals surface area contributed by atoms with Gasteiger partial charge in [0.2, 0.25) is 0 Å². The van der Waals surface area contributed by atoms with Gasteiger partial charge in [0.1, 0.15) is 0 Å². The molecule has 2 heteroatoms. The molecule has 0 saturated heterocycles. The molecule has 1 unspecified atom stereocenters. The normalized spacial score (nSPS) is 13.8. The molecule has 0 bridgehead atoms.